The molecular weight excluding hydrogens is 373 g/mol. The first-order valence-electron chi connectivity index (χ1n) is 9.89. The highest BCUT2D eigenvalue weighted by atomic mass is 19.1. The molecule has 0 spiro atoms. The van der Waals surface area contributed by atoms with Gasteiger partial charge in [-0.2, -0.15) is 0 Å². The van der Waals surface area contributed by atoms with E-state index < -0.39 is 0 Å². The molecule has 1 fully saturated rings. The van der Waals surface area contributed by atoms with Crippen LogP contribution in [-0.4, -0.2) is 24.9 Å². The van der Waals surface area contributed by atoms with E-state index in [-0.39, 0.29) is 30.2 Å². The molecule has 1 aliphatic heterocycles. The van der Waals surface area contributed by atoms with Gasteiger partial charge in [0, 0.05) is 12.6 Å². The highest BCUT2D eigenvalue weighted by Crippen LogP contribution is 2.29. The maximum Gasteiger partial charge on any atom is 0.221 e. The lowest BCUT2D eigenvalue weighted by atomic mass is 10.1. The van der Waals surface area contributed by atoms with Crippen molar-refractivity contribution in [1.29, 1.82) is 0 Å². The van der Waals surface area contributed by atoms with Gasteiger partial charge < -0.3 is 19.5 Å². The maximum absolute atomic E-state index is 13.2. The Bertz CT molecular complexity index is 778. The van der Waals surface area contributed by atoms with Crippen molar-refractivity contribution in [3.63, 3.8) is 0 Å². The molecule has 1 amide bonds. The summed E-state index contributed by atoms with van der Waals surface area (Å²) in [7, 11) is 0. The van der Waals surface area contributed by atoms with E-state index in [2.05, 4.69) is 12.2 Å². The molecular formula is C23H27FNO4. The summed E-state index contributed by atoms with van der Waals surface area (Å²) in [4.78, 5) is 11.1. The molecule has 6 heteroatoms. The van der Waals surface area contributed by atoms with Crippen LogP contribution in [0.2, 0.25) is 0 Å². The Morgan fingerprint density at radius 3 is 2.59 bits per heavy atom. The summed E-state index contributed by atoms with van der Waals surface area (Å²) in [6.07, 6.45) is 2.58. The SMILES string of the molecule is [CH2]CC(OC1CCCC(COc2ccc(NC(C)=O)cc2)O1)c1ccc(F)cc1. The molecule has 0 aliphatic carbocycles. The topological polar surface area (TPSA) is 56.8 Å². The van der Waals surface area contributed by atoms with E-state index in [9.17, 15) is 9.18 Å². The molecule has 0 bridgehead atoms. The van der Waals surface area contributed by atoms with Crippen molar-refractivity contribution < 1.29 is 23.4 Å². The third kappa shape index (κ3) is 6.54. The van der Waals surface area contributed by atoms with E-state index in [0.29, 0.717) is 18.8 Å². The molecule has 3 unspecified atom stereocenters. The number of ether oxygens (including phenoxy) is 3. The normalized spacial score (nSPS) is 20.1. The Hall–Kier alpha value is -2.44. The van der Waals surface area contributed by atoms with Crippen molar-refractivity contribution in [3.05, 3.63) is 66.8 Å². The summed E-state index contributed by atoms with van der Waals surface area (Å²) in [6.45, 7) is 5.84. The number of benzene rings is 2. The third-order valence-electron chi connectivity index (χ3n) is 4.74. The zero-order chi connectivity index (χ0) is 20.6. The first-order chi connectivity index (χ1) is 14.0. The van der Waals surface area contributed by atoms with Crippen LogP contribution in [0.15, 0.2) is 48.5 Å². The number of halogens is 1. The lowest BCUT2D eigenvalue weighted by Gasteiger charge is -2.32. The number of carbonyl (C=O) groups excluding carboxylic acids is 1. The van der Waals surface area contributed by atoms with Crippen LogP contribution in [0, 0.1) is 12.7 Å². The first kappa shape index (κ1) is 21.3. The molecule has 155 valence electrons. The largest absolute Gasteiger partial charge is 0.491 e. The molecule has 1 heterocycles. The minimum Gasteiger partial charge on any atom is -0.491 e. The lowest BCUT2D eigenvalue weighted by Crippen LogP contribution is -2.34. The summed E-state index contributed by atoms with van der Waals surface area (Å²) in [5, 5.41) is 2.72. The minimum atomic E-state index is -0.337. The van der Waals surface area contributed by atoms with Gasteiger partial charge in [-0.3, -0.25) is 4.79 Å². The van der Waals surface area contributed by atoms with Gasteiger partial charge in [0.1, 0.15) is 18.2 Å². The molecule has 3 atom stereocenters. The monoisotopic (exact) mass is 400 g/mol. The highest BCUT2D eigenvalue weighted by Gasteiger charge is 2.26. The van der Waals surface area contributed by atoms with Gasteiger partial charge in [0.2, 0.25) is 5.91 Å². The smallest absolute Gasteiger partial charge is 0.221 e. The van der Waals surface area contributed by atoms with Crippen molar-refractivity contribution in [1.82, 2.24) is 0 Å². The zero-order valence-corrected chi connectivity index (χ0v) is 16.6. The molecule has 1 saturated heterocycles. The number of carbonyl (C=O) groups is 1. The standard InChI is InChI=1S/C23H27FNO4/c1-3-22(17-7-9-18(24)10-8-17)29-23-6-4-5-21(28-23)15-27-20-13-11-19(12-14-20)25-16(2)26/h7-14,21-23H,1,3-6,15H2,2H3,(H,25,26). The summed E-state index contributed by atoms with van der Waals surface area (Å²) in [5.41, 5.74) is 1.62. The number of rotatable bonds is 8. The summed E-state index contributed by atoms with van der Waals surface area (Å²) < 4.78 is 31.1. The van der Waals surface area contributed by atoms with Crippen LogP contribution in [-0.2, 0) is 14.3 Å². The molecule has 1 radical (unpaired) electrons. The summed E-state index contributed by atoms with van der Waals surface area (Å²) >= 11 is 0. The fraction of sp³-hybridized carbons (Fsp3) is 0.391. The van der Waals surface area contributed by atoms with E-state index in [1.807, 2.05) is 12.1 Å². The molecule has 5 nitrogen and oxygen atoms in total. The highest BCUT2D eigenvalue weighted by molar-refractivity contribution is 5.88. The quantitative estimate of drug-likeness (QED) is 0.674. The van der Waals surface area contributed by atoms with E-state index in [1.165, 1.54) is 19.1 Å². The molecule has 1 N–H and O–H groups in total. The average molecular weight is 400 g/mol. The fourth-order valence-electron chi connectivity index (χ4n) is 3.29. The second kappa shape index (κ2) is 10.4. The average Bonchev–Trinajstić information content (AvgIpc) is 2.72. The van der Waals surface area contributed by atoms with Gasteiger partial charge >= 0.3 is 0 Å². The number of nitrogens with one attached hydrogen (secondary N) is 1. The van der Waals surface area contributed by atoms with Crippen LogP contribution < -0.4 is 10.1 Å². The molecule has 2 aromatic rings. The van der Waals surface area contributed by atoms with Crippen LogP contribution in [0.3, 0.4) is 0 Å². The Kier molecular flexibility index (Phi) is 7.61. The lowest BCUT2D eigenvalue weighted by molar-refractivity contribution is -0.220. The van der Waals surface area contributed by atoms with Crippen LogP contribution in [0.1, 0.15) is 44.3 Å². The second-order valence-corrected chi connectivity index (χ2v) is 7.10. The van der Waals surface area contributed by atoms with Crippen LogP contribution >= 0.6 is 0 Å². The number of amides is 1. The van der Waals surface area contributed by atoms with Crippen LogP contribution in [0.25, 0.3) is 0 Å². The predicted octanol–water partition coefficient (Wildman–Crippen LogP) is 5.04. The second-order valence-electron chi connectivity index (χ2n) is 7.10. The van der Waals surface area contributed by atoms with Crippen molar-refractivity contribution in [3.8, 4) is 5.75 Å². The molecule has 2 aromatic carbocycles. The van der Waals surface area contributed by atoms with Gasteiger partial charge in [0.25, 0.3) is 0 Å². The van der Waals surface area contributed by atoms with Crippen molar-refractivity contribution in [2.75, 3.05) is 11.9 Å². The van der Waals surface area contributed by atoms with Crippen molar-refractivity contribution in [2.45, 2.75) is 51.1 Å². The van der Waals surface area contributed by atoms with E-state index >= 15 is 0 Å². The molecule has 29 heavy (non-hydrogen) atoms. The van der Waals surface area contributed by atoms with Gasteiger partial charge in [-0.25, -0.2) is 4.39 Å². The van der Waals surface area contributed by atoms with Gasteiger partial charge in [-0.15, -0.1) is 0 Å². The molecule has 3 rings (SSSR count). The minimum absolute atomic E-state index is 0.0672. The van der Waals surface area contributed by atoms with Gasteiger partial charge in [0.15, 0.2) is 6.29 Å². The Labute approximate surface area is 171 Å². The Balaban J connectivity index is 1.49. The maximum atomic E-state index is 13.2. The summed E-state index contributed by atoms with van der Waals surface area (Å²) in [6, 6.07) is 13.5. The molecule has 0 aromatic heterocycles. The Morgan fingerprint density at radius 2 is 1.93 bits per heavy atom. The van der Waals surface area contributed by atoms with Crippen molar-refractivity contribution in [2.24, 2.45) is 0 Å². The molecule has 0 saturated carbocycles. The van der Waals surface area contributed by atoms with Gasteiger partial charge in [0.05, 0.1) is 12.2 Å². The van der Waals surface area contributed by atoms with Gasteiger partial charge in [-0.1, -0.05) is 19.1 Å². The number of anilines is 1. The van der Waals surface area contributed by atoms with Crippen LogP contribution in [0.5, 0.6) is 5.75 Å². The third-order valence-corrected chi connectivity index (χ3v) is 4.74. The fourth-order valence-corrected chi connectivity index (χ4v) is 3.29. The number of hydrogen-bond acceptors (Lipinski definition) is 4. The first-order valence-corrected chi connectivity index (χ1v) is 9.89. The van der Waals surface area contributed by atoms with E-state index in [4.69, 9.17) is 14.2 Å². The molecule has 1 aliphatic rings. The number of hydrogen-bond donors (Lipinski definition) is 1. The zero-order valence-electron chi connectivity index (χ0n) is 16.6. The van der Waals surface area contributed by atoms with Crippen LogP contribution in [0.4, 0.5) is 10.1 Å². The van der Waals surface area contributed by atoms with Gasteiger partial charge in [-0.05, 0) is 67.6 Å². The van der Waals surface area contributed by atoms with E-state index in [0.717, 1.165) is 30.5 Å². The van der Waals surface area contributed by atoms with E-state index in [1.54, 1.807) is 24.3 Å². The predicted molar refractivity (Wildman–Crippen MR) is 109 cm³/mol. The summed E-state index contributed by atoms with van der Waals surface area (Å²) in [5.74, 6) is 0.335. The Morgan fingerprint density at radius 1 is 1.21 bits per heavy atom. The van der Waals surface area contributed by atoms with Crippen molar-refractivity contribution >= 4 is 11.6 Å².